The van der Waals surface area contributed by atoms with Gasteiger partial charge in [0, 0.05) is 6.92 Å². The smallest absolute Gasteiger partial charge is 0.254 e. The van der Waals surface area contributed by atoms with Crippen molar-refractivity contribution in [2.75, 3.05) is 12.9 Å². The lowest BCUT2D eigenvalue weighted by atomic mass is 10.1. The zero-order valence-corrected chi connectivity index (χ0v) is 14.4. The first-order valence-electron chi connectivity index (χ1n) is 7.54. The number of amidine groups is 1. The number of allylic oxidation sites excluding steroid dienone is 3. The molecule has 1 N–H and O–H groups in total. The second kappa shape index (κ2) is 6.36. The van der Waals surface area contributed by atoms with E-state index in [9.17, 15) is 8.42 Å². The number of sulfonamides is 1. The topological polar surface area (TPSA) is 67.8 Å². The Kier molecular flexibility index (Phi) is 4.89. The molecule has 7 heteroatoms. The molecule has 2 rings (SSSR count). The first kappa shape index (κ1) is 16.9. The summed E-state index contributed by atoms with van der Waals surface area (Å²) in [6.45, 7) is 5.75. The summed E-state index contributed by atoms with van der Waals surface area (Å²) in [4.78, 5) is 7.39. The van der Waals surface area contributed by atoms with Gasteiger partial charge in [-0.2, -0.15) is 4.99 Å². The van der Waals surface area contributed by atoms with E-state index in [4.69, 9.17) is 4.74 Å². The van der Waals surface area contributed by atoms with E-state index in [-0.39, 0.29) is 10.3 Å². The molecule has 22 heavy (non-hydrogen) atoms. The predicted octanol–water partition coefficient (Wildman–Crippen LogP) is 2.55. The van der Waals surface area contributed by atoms with Crippen LogP contribution in [0.2, 0.25) is 0 Å². The first-order valence-corrected chi connectivity index (χ1v) is 9.19. The Balaban J connectivity index is 2.54. The molecule has 0 aromatic rings. The Bertz CT molecular complexity index is 674. The number of nitrogens with one attached hydrogen (secondary N) is 1. The molecule has 0 radical (unpaired) electrons. The third-order valence-electron chi connectivity index (χ3n) is 3.69. The number of quaternary nitrogens is 1. The molecule has 2 heterocycles. The Labute approximate surface area is 132 Å². The van der Waals surface area contributed by atoms with Gasteiger partial charge in [-0.1, -0.05) is 20.3 Å². The Morgan fingerprint density at radius 2 is 2.05 bits per heavy atom. The van der Waals surface area contributed by atoms with E-state index in [1.54, 1.807) is 19.4 Å². The molecule has 1 unspecified atom stereocenters. The molecule has 0 saturated carbocycles. The van der Waals surface area contributed by atoms with E-state index in [0.717, 1.165) is 24.2 Å². The van der Waals surface area contributed by atoms with Gasteiger partial charge in [-0.15, -0.1) is 4.59 Å². The van der Waals surface area contributed by atoms with Crippen molar-refractivity contribution in [3.05, 3.63) is 35.5 Å². The van der Waals surface area contributed by atoms with Gasteiger partial charge in [-0.05, 0) is 29.8 Å². The average molecular weight is 326 g/mol. The average Bonchev–Trinajstić information content (AvgIpc) is 2.71. The largest absolute Gasteiger partial charge is 0.491 e. The van der Waals surface area contributed by atoms with Gasteiger partial charge in [0.1, 0.15) is 11.9 Å². The highest BCUT2D eigenvalue weighted by Crippen LogP contribution is 2.38. The number of rotatable bonds is 7. The van der Waals surface area contributed by atoms with Gasteiger partial charge in [0.15, 0.2) is 5.76 Å². The third kappa shape index (κ3) is 2.88. The minimum Gasteiger partial charge on any atom is -0.491 e. The van der Waals surface area contributed by atoms with Gasteiger partial charge in [-0.3, -0.25) is 0 Å². The van der Waals surface area contributed by atoms with E-state index >= 15 is 0 Å². The van der Waals surface area contributed by atoms with Gasteiger partial charge in [-0.25, -0.2) is 8.42 Å². The van der Waals surface area contributed by atoms with E-state index in [1.807, 2.05) is 19.9 Å². The highest BCUT2D eigenvalue weighted by molar-refractivity contribution is 7.89. The normalized spacial score (nSPS) is 24.2. The SMILES string of the molecule is CCCC1=C2C(OC)=CC=C[N+]2(NS(=O)(=O)CCC)C(C)=N1. The van der Waals surface area contributed by atoms with Crippen LogP contribution in [0.1, 0.15) is 40.0 Å². The van der Waals surface area contributed by atoms with E-state index in [0.29, 0.717) is 18.0 Å². The summed E-state index contributed by atoms with van der Waals surface area (Å²) in [6.07, 6.45) is 7.69. The summed E-state index contributed by atoms with van der Waals surface area (Å²) in [6, 6.07) is 0. The highest BCUT2D eigenvalue weighted by Gasteiger charge is 2.49. The van der Waals surface area contributed by atoms with E-state index < -0.39 is 10.0 Å². The zero-order chi connectivity index (χ0) is 16.4. The van der Waals surface area contributed by atoms with Crippen LogP contribution >= 0.6 is 0 Å². The van der Waals surface area contributed by atoms with Crippen molar-refractivity contribution in [1.29, 1.82) is 0 Å². The number of hydrogen-bond donors (Lipinski definition) is 1. The number of aliphatic imine (C=N–C) groups is 1. The van der Waals surface area contributed by atoms with Crippen LogP contribution in [-0.2, 0) is 14.8 Å². The Morgan fingerprint density at radius 3 is 2.64 bits per heavy atom. The molecule has 0 spiro atoms. The fourth-order valence-electron chi connectivity index (χ4n) is 2.78. The summed E-state index contributed by atoms with van der Waals surface area (Å²) < 4.78 is 30.0. The van der Waals surface area contributed by atoms with Crippen molar-refractivity contribution < 1.29 is 17.7 Å². The quantitative estimate of drug-likeness (QED) is 0.731. The van der Waals surface area contributed by atoms with Crippen molar-refractivity contribution in [2.24, 2.45) is 4.99 Å². The lowest BCUT2D eigenvalue weighted by Gasteiger charge is -2.32. The molecule has 2 aliphatic heterocycles. The zero-order valence-electron chi connectivity index (χ0n) is 13.6. The van der Waals surface area contributed by atoms with Crippen LogP contribution in [-0.4, -0.2) is 31.7 Å². The molecule has 2 aliphatic rings. The van der Waals surface area contributed by atoms with Crippen LogP contribution in [0.15, 0.2) is 40.5 Å². The lowest BCUT2D eigenvalue weighted by molar-refractivity contribution is -0.778. The van der Waals surface area contributed by atoms with Crippen LogP contribution in [0.25, 0.3) is 0 Å². The second-order valence-electron chi connectivity index (χ2n) is 5.41. The number of nitrogens with zero attached hydrogens (tertiary/aromatic N) is 2. The molecule has 122 valence electrons. The molecular weight excluding hydrogens is 302 g/mol. The summed E-state index contributed by atoms with van der Waals surface area (Å²) in [5, 5.41) is 0. The fraction of sp³-hybridized carbons (Fsp3) is 0.533. The van der Waals surface area contributed by atoms with Gasteiger partial charge in [0.05, 0.1) is 12.9 Å². The molecular formula is C15H24N3O3S+. The van der Waals surface area contributed by atoms with Crippen molar-refractivity contribution in [3.8, 4) is 0 Å². The van der Waals surface area contributed by atoms with E-state index in [2.05, 4.69) is 16.7 Å². The van der Waals surface area contributed by atoms with Gasteiger partial charge >= 0.3 is 0 Å². The summed E-state index contributed by atoms with van der Waals surface area (Å²) in [5.41, 5.74) is 1.64. The Morgan fingerprint density at radius 1 is 1.32 bits per heavy atom. The fourth-order valence-corrected chi connectivity index (χ4v) is 4.13. The van der Waals surface area contributed by atoms with Crippen molar-refractivity contribution >= 4 is 15.9 Å². The van der Waals surface area contributed by atoms with Crippen LogP contribution in [0.3, 0.4) is 0 Å². The number of ether oxygens (including phenoxy) is 1. The molecule has 0 fully saturated rings. The maximum Gasteiger partial charge on any atom is 0.254 e. The van der Waals surface area contributed by atoms with Crippen LogP contribution in [0.5, 0.6) is 0 Å². The molecule has 0 aliphatic carbocycles. The standard InChI is InChI=1S/C15H24N3O3S/c1-5-8-13-15-14(21-4)9-7-10-18(15,12(3)16-13)17-22(19,20)11-6-2/h7,9-10,17H,5-6,8,11H2,1-4H3/q+1. The number of fused-ring (bicyclic) bond motifs is 1. The van der Waals surface area contributed by atoms with E-state index in [1.165, 1.54) is 0 Å². The number of methoxy groups -OCH3 is 1. The summed E-state index contributed by atoms with van der Waals surface area (Å²) in [7, 11) is -1.84. The summed E-state index contributed by atoms with van der Waals surface area (Å²) in [5.74, 6) is 1.40. The third-order valence-corrected chi connectivity index (χ3v) is 5.20. The summed E-state index contributed by atoms with van der Waals surface area (Å²) >= 11 is 0. The minimum atomic E-state index is -3.42. The second-order valence-corrected chi connectivity index (χ2v) is 7.23. The molecule has 0 bridgehead atoms. The number of hydrogen-bond acceptors (Lipinski definition) is 4. The molecule has 1 atom stereocenters. The van der Waals surface area contributed by atoms with Gasteiger partial charge in [0.2, 0.25) is 11.5 Å². The highest BCUT2D eigenvalue weighted by atomic mass is 32.2. The molecule has 0 aromatic carbocycles. The minimum absolute atomic E-state index is 0.0799. The van der Waals surface area contributed by atoms with Crippen LogP contribution in [0.4, 0.5) is 0 Å². The predicted molar refractivity (Wildman–Crippen MR) is 86.7 cm³/mol. The maximum absolute atomic E-state index is 12.3. The molecule has 6 nitrogen and oxygen atoms in total. The van der Waals surface area contributed by atoms with Crippen LogP contribution < -0.4 is 4.83 Å². The van der Waals surface area contributed by atoms with Gasteiger partial charge in [0.25, 0.3) is 10.0 Å². The maximum atomic E-state index is 12.3. The monoisotopic (exact) mass is 326 g/mol. The van der Waals surface area contributed by atoms with Gasteiger partial charge < -0.3 is 4.74 Å². The lowest BCUT2D eigenvalue weighted by Crippen LogP contribution is -2.58. The molecule has 0 saturated heterocycles. The van der Waals surface area contributed by atoms with Crippen LogP contribution in [0, 0.1) is 0 Å². The Hall–Kier alpha value is -1.44. The van der Waals surface area contributed by atoms with Crippen molar-refractivity contribution in [3.63, 3.8) is 0 Å². The van der Waals surface area contributed by atoms with Crippen molar-refractivity contribution in [1.82, 2.24) is 4.83 Å². The first-order chi connectivity index (χ1) is 10.4. The van der Waals surface area contributed by atoms with Crippen molar-refractivity contribution in [2.45, 2.75) is 40.0 Å². The molecule has 0 amide bonds. The molecule has 0 aromatic heterocycles.